The number of amidine groups is 1. The molecule has 0 spiro atoms. The van der Waals surface area contributed by atoms with Gasteiger partial charge in [0.1, 0.15) is 5.84 Å². The number of benzene rings is 1. The van der Waals surface area contributed by atoms with Crippen molar-refractivity contribution < 1.29 is 0 Å². The normalized spacial score (nSPS) is 22.9. The fraction of sp³-hybridized carbons (Fsp3) is 0.467. The lowest BCUT2D eigenvalue weighted by Crippen LogP contribution is -2.24. The summed E-state index contributed by atoms with van der Waals surface area (Å²) >= 11 is 0. The number of rotatable bonds is 4. The van der Waals surface area contributed by atoms with Crippen molar-refractivity contribution >= 4 is 11.5 Å². The number of aliphatic imine (C=N–C) groups is 1. The summed E-state index contributed by atoms with van der Waals surface area (Å²) in [6.07, 6.45) is 2.81. The number of nitrogens with zero attached hydrogens (tertiary/aromatic N) is 1. The zero-order valence-electron chi connectivity index (χ0n) is 11.1. The molecule has 18 heavy (non-hydrogen) atoms. The van der Waals surface area contributed by atoms with Crippen LogP contribution in [0.4, 0.5) is 0 Å². The molecule has 1 aromatic carbocycles. The highest BCUT2D eigenvalue weighted by atomic mass is 14.9. The summed E-state index contributed by atoms with van der Waals surface area (Å²) in [7, 11) is 0. The van der Waals surface area contributed by atoms with E-state index in [2.05, 4.69) is 36.2 Å². The summed E-state index contributed by atoms with van der Waals surface area (Å²) in [5.74, 6) is 0.920. The molecule has 0 heterocycles. The van der Waals surface area contributed by atoms with Crippen LogP contribution in [-0.2, 0) is 6.42 Å². The standard InChI is InChI=1S/C15H21N3/c1-3-10-9-11-7-5-6-8-12(11)14(10)18-15(17)13(16)4-2/h5-8,10,14,16H,3-4,9H2,1-2H3,(H2,17,18)/t10-,14+/m1/s1. The second-order valence-corrected chi connectivity index (χ2v) is 4.86. The molecule has 0 radical (unpaired) electrons. The summed E-state index contributed by atoms with van der Waals surface area (Å²) in [5.41, 5.74) is 9.02. The van der Waals surface area contributed by atoms with Gasteiger partial charge in [-0.25, -0.2) is 0 Å². The first-order valence-corrected chi connectivity index (χ1v) is 6.66. The molecule has 96 valence electrons. The molecule has 1 aromatic rings. The maximum absolute atomic E-state index is 7.76. The van der Waals surface area contributed by atoms with Crippen molar-refractivity contribution in [1.29, 1.82) is 5.41 Å². The fourth-order valence-electron chi connectivity index (χ4n) is 2.61. The van der Waals surface area contributed by atoms with Crippen LogP contribution in [0.2, 0.25) is 0 Å². The van der Waals surface area contributed by atoms with Crippen LogP contribution in [0.1, 0.15) is 43.9 Å². The van der Waals surface area contributed by atoms with Crippen molar-refractivity contribution in [2.24, 2.45) is 16.6 Å². The van der Waals surface area contributed by atoms with E-state index < -0.39 is 0 Å². The first-order valence-electron chi connectivity index (χ1n) is 6.66. The van der Waals surface area contributed by atoms with Gasteiger partial charge in [0, 0.05) is 0 Å². The third-order valence-electron chi connectivity index (χ3n) is 3.77. The van der Waals surface area contributed by atoms with E-state index in [1.54, 1.807) is 0 Å². The lowest BCUT2D eigenvalue weighted by Gasteiger charge is -2.15. The topological polar surface area (TPSA) is 62.2 Å². The maximum Gasteiger partial charge on any atom is 0.140 e. The minimum Gasteiger partial charge on any atom is -0.382 e. The van der Waals surface area contributed by atoms with Gasteiger partial charge >= 0.3 is 0 Å². The molecular formula is C15H21N3. The van der Waals surface area contributed by atoms with E-state index in [0.29, 0.717) is 23.9 Å². The summed E-state index contributed by atoms with van der Waals surface area (Å²) in [5, 5.41) is 7.76. The van der Waals surface area contributed by atoms with Crippen LogP contribution in [0.25, 0.3) is 0 Å². The first-order chi connectivity index (χ1) is 8.67. The van der Waals surface area contributed by atoms with E-state index in [4.69, 9.17) is 11.1 Å². The van der Waals surface area contributed by atoms with Gasteiger partial charge in [0.15, 0.2) is 0 Å². The lowest BCUT2D eigenvalue weighted by molar-refractivity contribution is 0.455. The Bertz CT molecular complexity index is 476. The van der Waals surface area contributed by atoms with Crippen LogP contribution < -0.4 is 5.73 Å². The molecule has 2 atom stereocenters. The van der Waals surface area contributed by atoms with Crippen molar-refractivity contribution in [3.05, 3.63) is 35.4 Å². The Kier molecular flexibility index (Phi) is 3.80. The number of hydrogen-bond donors (Lipinski definition) is 2. The molecule has 1 aliphatic carbocycles. The fourth-order valence-corrected chi connectivity index (χ4v) is 2.61. The van der Waals surface area contributed by atoms with Crippen molar-refractivity contribution in [2.75, 3.05) is 0 Å². The Morgan fingerprint density at radius 1 is 1.39 bits per heavy atom. The van der Waals surface area contributed by atoms with Gasteiger partial charge in [-0.15, -0.1) is 0 Å². The summed E-state index contributed by atoms with van der Waals surface area (Å²) in [6, 6.07) is 8.59. The highest BCUT2D eigenvalue weighted by Crippen LogP contribution is 2.40. The zero-order chi connectivity index (χ0) is 13.1. The van der Waals surface area contributed by atoms with Gasteiger partial charge in [-0.2, -0.15) is 0 Å². The minimum absolute atomic E-state index is 0.137. The average Bonchev–Trinajstić information content (AvgIpc) is 2.76. The molecule has 0 amide bonds. The monoisotopic (exact) mass is 243 g/mol. The predicted octanol–water partition coefficient (Wildman–Crippen LogP) is 3.10. The van der Waals surface area contributed by atoms with Crippen LogP contribution in [0.5, 0.6) is 0 Å². The molecule has 3 nitrogen and oxygen atoms in total. The quantitative estimate of drug-likeness (QED) is 0.619. The van der Waals surface area contributed by atoms with Gasteiger partial charge in [-0.3, -0.25) is 4.99 Å². The third-order valence-corrected chi connectivity index (χ3v) is 3.77. The van der Waals surface area contributed by atoms with E-state index in [-0.39, 0.29) is 6.04 Å². The molecule has 0 fully saturated rings. The average molecular weight is 243 g/mol. The number of nitrogens with one attached hydrogen (secondary N) is 1. The highest BCUT2D eigenvalue weighted by molar-refractivity contribution is 6.39. The van der Waals surface area contributed by atoms with Crippen LogP contribution in [0.3, 0.4) is 0 Å². The zero-order valence-corrected chi connectivity index (χ0v) is 11.1. The summed E-state index contributed by atoms with van der Waals surface area (Å²) < 4.78 is 0. The number of fused-ring (bicyclic) bond motifs is 1. The predicted molar refractivity (Wildman–Crippen MR) is 76.3 cm³/mol. The van der Waals surface area contributed by atoms with Crippen molar-refractivity contribution in [3.63, 3.8) is 0 Å². The largest absolute Gasteiger partial charge is 0.382 e. The molecule has 0 aliphatic heterocycles. The Morgan fingerprint density at radius 2 is 2.11 bits per heavy atom. The molecule has 0 bridgehead atoms. The molecule has 3 heteroatoms. The smallest absolute Gasteiger partial charge is 0.140 e. The molecule has 1 aliphatic rings. The molecule has 0 unspecified atom stereocenters. The third kappa shape index (κ3) is 2.30. The maximum atomic E-state index is 7.76. The Labute approximate surface area is 109 Å². The van der Waals surface area contributed by atoms with E-state index >= 15 is 0 Å². The number of nitrogens with two attached hydrogens (primary N) is 1. The molecule has 0 aromatic heterocycles. The Morgan fingerprint density at radius 3 is 2.78 bits per heavy atom. The van der Waals surface area contributed by atoms with Crippen molar-refractivity contribution in [3.8, 4) is 0 Å². The molecular weight excluding hydrogens is 222 g/mol. The number of hydrogen-bond acceptors (Lipinski definition) is 2. The van der Waals surface area contributed by atoms with E-state index in [9.17, 15) is 0 Å². The highest BCUT2D eigenvalue weighted by Gasteiger charge is 2.30. The molecule has 3 N–H and O–H groups in total. The van der Waals surface area contributed by atoms with Gasteiger partial charge in [-0.05, 0) is 29.9 Å². The second kappa shape index (κ2) is 5.34. The van der Waals surface area contributed by atoms with Crippen LogP contribution in [-0.4, -0.2) is 11.5 Å². The van der Waals surface area contributed by atoms with E-state index in [1.807, 2.05) is 6.92 Å². The lowest BCUT2D eigenvalue weighted by atomic mass is 9.98. The van der Waals surface area contributed by atoms with E-state index in [0.717, 1.165) is 12.8 Å². The molecule has 0 saturated carbocycles. The van der Waals surface area contributed by atoms with Crippen molar-refractivity contribution in [1.82, 2.24) is 0 Å². The Balaban J connectivity index is 2.33. The minimum atomic E-state index is 0.137. The summed E-state index contributed by atoms with van der Waals surface area (Å²) in [6.45, 7) is 4.13. The van der Waals surface area contributed by atoms with Crippen LogP contribution in [0.15, 0.2) is 29.3 Å². The molecule has 0 saturated heterocycles. The van der Waals surface area contributed by atoms with Crippen molar-refractivity contribution in [2.45, 2.75) is 39.2 Å². The SMILES string of the molecule is CCC(=N)C(N)=N[C@@H]1c2ccccc2C[C@H]1CC. The molecule has 2 rings (SSSR count). The second-order valence-electron chi connectivity index (χ2n) is 4.86. The van der Waals surface area contributed by atoms with Gasteiger partial charge in [0.25, 0.3) is 0 Å². The van der Waals surface area contributed by atoms with Gasteiger partial charge in [-0.1, -0.05) is 44.5 Å². The van der Waals surface area contributed by atoms with Gasteiger partial charge < -0.3 is 11.1 Å². The first kappa shape index (κ1) is 12.8. The van der Waals surface area contributed by atoms with E-state index in [1.165, 1.54) is 11.1 Å². The van der Waals surface area contributed by atoms with Crippen LogP contribution in [0, 0.1) is 11.3 Å². The van der Waals surface area contributed by atoms with Gasteiger partial charge in [0.05, 0.1) is 11.8 Å². The van der Waals surface area contributed by atoms with Gasteiger partial charge in [0.2, 0.25) is 0 Å². The Hall–Kier alpha value is -1.64. The van der Waals surface area contributed by atoms with Crippen LogP contribution >= 0.6 is 0 Å². The summed E-state index contributed by atoms with van der Waals surface area (Å²) in [4.78, 5) is 4.61.